The lowest BCUT2D eigenvalue weighted by Gasteiger charge is -2.22. The Bertz CT molecular complexity index is 869. The van der Waals surface area contributed by atoms with Gasteiger partial charge >= 0.3 is 0 Å². The first kappa shape index (κ1) is 15.9. The number of aromatic nitrogens is 2. The van der Waals surface area contributed by atoms with Crippen molar-refractivity contribution in [2.75, 3.05) is 6.54 Å². The van der Waals surface area contributed by atoms with E-state index in [1.807, 2.05) is 28.8 Å². The SMILES string of the molecule is Cc1cccn2cc(CN3CCC[C@H]3C(=O)NCc3ccco3)nc12. The molecule has 6 nitrogen and oxygen atoms in total. The van der Waals surface area contributed by atoms with E-state index in [9.17, 15) is 4.79 Å². The molecule has 1 amide bonds. The average Bonchev–Trinajstić information content (AvgIpc) is 3.34. The van der Waals surface area contributed by atoms with E-state index >= 15 is 0 Å². The first-order chi connectivity index (χ1) is 12.2. The number of nitrogens with one attached hydrogen (secondary N) is 1. The Morgan fingerprint density at radius 2 is 2.32 bits per heavy atom. The topological polar surface area (TPSA) is 62.8 Å². The molecule has 3 aromatic heterocycles. The van der Waals surface area contributed by atoms with Crippen LogP contribution in [0.25, 0.3) is 5.65 Å². The number of hydrogen-bond donors (Lipinski definition) is 1. The van der Waals surface area contributed by atoms with E-state index < -0.39 is 0 Å². The van der Waals surface area contributed by atoms with Crippen LogP contribution in [-0.4, -0.2) is 32.8 Å². The van der Waals surface area contributed by atoms with Gasteiger partial charge in [0.05, 0.1) is 24.5 Å². The van der Waals surface area contributed by atoms with Crippen LogP contribution in [0.2, 0.25) is 0 Å². The Labute approximate surface area is 146 Å². The predicted molar refractivity (Wildman–Crippen MR) is 93.9 cm³/mol. The zero-order valence-corrected chi connectivity index (χ0v) is 14.3. The van der Waals surface area contributed by atoms with Crippen LogP contribution in [0.15, 0.2) is 47.3 Å². The highest BCUT2D eigenvalue weighted by atomic mass is 16.3. The van der Waals surface area contributed by atoms with E-state index in [2.05, 4.69) is 29.4 Å². The molecule has 0 aromatic carbocycles. The van der Waals surface area contributed by atoms with Gasteiger partial charge in [0.25, 0.3) is 0 Å². The maximum absolute atomic E-state index is 12.5. The van der Waals surface area contributed by atoms with Crippen molar-refractivity contribution in [2.45, 2.75) is 38.9 Å². The number of aryl methyl sites for hydroxylation is 1. The van der Waals surface area contributed by atoms with Gasteiger partial charge in [-0.2, -0.15) is 0 Å². The molecular weight excluding hydrogens is 316 g/mol. The summed E-state index contributed by atoms with van der Waals surface area (Å²) in [6, 6.07) is 7.68. The fourth-order valence-electron chi connectivity index (χ4n) is 3.51. The molecule has 0 spiro atoms. The van der Waals surface area contributed by atoms with Gasteiger partial charge in [0.1, 0.15) is 11.4 Å². The molecule has 4 rings (SSSR count). The lowest BCUT2D eigenvalue weighted by atomic mass is 10.2. The van der Waals surface area contributed by atoms with Crippen LogP contribution in [0.4, 0.5) is 0 Å². The molecule has 1 aliphatic heterocycles. The number of imidazole rings is 1. The van der Waals surface area contributed by atoms with Crippen molar-refractivity contribution in [3.63, 3.8) is 0 Å². The fraction of sp³-hybridized carbons (Fsp3) is 0.368. The summed E-state index contributed by atoms with van der Waals surface area (Å²) < 4.78 is 7.32. The molecule has 25 heavy (non-hydrogen) atoms. The smallest absolute Gasteiger partial charge is 0.237 e. The Kier molecular flexibility index (Phi) is 4.28. The maximum atomic E-state index is 12.5. The van der Waals surface area contributed by atoms with Crippen LogP contribution in [-0.2, 0) is 17.9 Å². The molecule has 6 heteroatoms. The number of nitrogens with zero attached hydrogens (tertiary/aromatic N) is 3. The fourth-order valence-corrected chi connectivity index (χ4v) is 3.51. The zero-order chi connectivity index (χ0) is 17.2. The highest BCUT2D eigenvalue weighted by Gasteiger charge is 2.31. The average molecular weight is 338 g/mol. The monoisotopic (exact) mass is 338 g/mol. The van der Waals surface area contributed by atoms with E-state index in [-0.39, 0.29) is 11.9 Å². The van der Waals surface area contributed by atoms with Crippen LogP contribution < -0.4 is 5.32 Å². The van der Waals surface area contributed by atoms with Gasteiger partial charge in [0, 0.05) is 18.9 Å². The molecule has 4 heterocycles. The Morgan fingerprint density at radius 1 is 1.40 bits per heavy atom. The summed E-state index contributed by atoms with van der Waals surface area (Å²) in [5, 5.41) is 2.98. The van der Waals surface area contributed by atoms with Crippen LogP contribution in [0, 0.1) is 6.92 Å². The second kappa shape index (κ2) is 6.72. The Hall–Kier alpha value is -2.60. The molecule has 0 unspecified atom stereocenters. The third-order valence-corrected chi connectivity index (χ3v) is 4.78. The second-order valence-electron chi connectivity index (χ2n) is 6.58. The zero-order valence-electron chi connectivity index (χ0n) is 14.3. The molecule has 1 N–H and O–H groups in total. The number of pyridine rings is 1. The number of amides is 1. The standard InChI is InChI=1S/C19H22N4O2/c1-14-5-2-9-23-13-15(21-18(14)23)12-22-8-3-7-17(22)19(24)20-11-16-6-4-10-25-16/h2,4-6,9-10,13,17H,3,7-8,11-12H2,1H3,(H,20,24)/t17-/m0/s1. The van der Waals surface area contributed by atoms with Gasteiger partial charge in [0.2, 0.25) is 5.91 Å². The normalized spacial score (nSPS) is 18.0. The summed E-state index contributed by atoms with van der Waals surface area (Å²) in [6.45, 7) is 4.11. The minimum Gasteiger partial charge on any atom is -0.467 e. The third-order valence-electron chi connectivity index (χ3n) is 4.78. The molecule has 130 valence electrons. The molecule has 0 bridgehead atoms. The molecule has 1 saturated heterocycles. The molecule has 0 saturated carbocycles. The van der Waals surface area contributed by atoms with Crippen molar-refractivity contribution in [2.24, 2.45) is 0 Å². The van der Waals surface area contributed by atoms with E-state index in [1.54, 1.807) is 6.26 Å². The van der Waals surface area contributed by atoms with Crippen molar-refractivity contribution in [1.29, 1.82) is 0 Å². The lowest BCUT2D eigenvalue weighted by molar-refractivity contribution is -0.125. The van der Waals surface area contributed by atoms with Crippen molar-refractivity contribution in [1.82, 2.24) is 19.6 Å². The number of carbonyl (C=O) groups excluding carboxylic acids is 1. The quantitative estimate of drug-likeness (QED) is 0.776. The summed E-state index contributed by atoms with van der Waals surface area (Å²) in [7, 11) is 0. The Balaban J connectivity index is 1.43. The predicted octanol–water partition coefficient (Wildman–Crippen LogP) is 2.52. The minimum absolute atomic E-state index is 0.0637. The van der Waals surface area contributed by atoms with Crippen molar-refractivity contribution >= 4 is 11.6 Å². The summed E-state index contributed by atoms with van der Waals surface area (Å²) in [5.74, 6) is 0.836. The lowest BCUT2D eigenvalue weighted by Crippen LogP contribution is -2.42. The van der Waals surface area contributed by atoms with Crippen molar-refractivity contribution in [3.05, 3.63) is 59.9 Å². The number of furan rings is 1. The van der Waals surface area contributed by atoms with Crippen LogP contribution in [0.1, 0.15) is 29.9 Å². The highest BCUT2D eigenvalue weighted by Crippen LogP contribution is 2.21. The van der Waals surface area contributed by atoms with Gasteiger partial charge in [-0.3, -0.25) is 9.69 Å². The summed E-state index contributed by atoms with van der Waals surface area (Å²) in [6.07, 6.45) is 7.60. The molecule has 0 radical (unpaired) electrons. The number of carbonyl (C=O) groups is 1. The van der Waals surface area contributed by atoms with Crippen molar-refractivity contribution < 1.29 is 9.21 Å². The van der Waals surface area contributed by atoms with Crippen LogP contribution >= 0.6 is 0 Å². The molecule has 3 aromatic rings. The molecule has 1 atom stereocenters. The van der Waals surface area contributed by atoms with Gasteiger partial charge in [-0.15, -0.1) is 0 Å². The van der Waals surface area contributed by atoms with E-state index in [1.165, 1.54) is 0 Å². The molecule has 1 fully saturated rings. The van der Waals surface area contributed by atoms with Crippen LogP contribution in [0.5, 0.6) is 0 Å². The first-order valence-corrected chi connectivity index (χ1v) is 8.68. The first-order valence-electron chi connectivity index (χ1n) is 8.68. The summed E-state index contributed by atoms with van der Waals surface area (Å²) in [4.78, 5) is 19.5. The Morgan fingerprint density at radius 3 is 3.12 bits per heavy atom. The molecule has 1 aliphatic rings. The largest absolute Gasteiger partial charge is 0.467 e. The third kappa shape index (κ3) is 3.30. The van der Waals surface area contributed by atoms with Gasteiger partial charge in [0.15, 0.2) is 0 Å². The van der Waals surface area contributed by atoms with E-state index in [0.29, 0.717) is 13.1 Å². The number of fused-ring (bicyclic) bond motifs is 1. The van der Waals surface area contributed by atoms with Crippen molar-refractivity contribution in [3.8, 4) is 0 Å². The number of rotatable bonds is 5. The highest BCUT2D eigenvalue weighted by molar-refractivity contribution is 5.81. The van der Waals surface area contributed by atoms with Gasteiger partial charge < -0.3 is 14.1 Å². The summed E-state index contributed by atoms with van der Waals surface area (Å²) >= 11 is 0. The number of likely N-dealkylation sites (tertiary alicyclic amines) is 1. The summed E-state index contributed by atoms with van der Waals surface area (Å²) in [5.41, 5.74) is 3.14. The molecule has 0 aliphatic carbocycles. The minimum atomic E-state index is -0.0964. The second-order valence-corrected chi connectivity index (χ2v) is 6.58. The molecular formula is C19H22N4O2. The van der Waals surface area contributed by atoms with E-state index in [4.69, 9.17) is 9.40 Å². The van der Waals surface area contributed by atoms with Gasteiger partial charge in [-0.05, 0) is 50.1 Å². The van der Waals surface area contributed by atoms with Crippen LogP contribution in [0.3, 0.4) is 0 Å². The number of hydrogen-bond acceptors (Lipinski definition) is 4. The maximum Gasteiger partial charge on any atom is 0.237 e. The van der Waals surface area contributed by atoms with E-state index in [0.717, 1.165) is 42.1 Å². The van der Waals surface area contributed by atoms with Gasteiger partial charge in [-0.1, -0.05) is 6.07 Å². The van der Waals surface area contributed by atoms with Gasteiger partial charge in [-0.25, -0.2) is 4.98 Å².